The molecule has 1 fully saturated rings. The molecule has 0 aliphatic carbocycles. The summed E-state index contributed by atoms with van der Waals surface area (Å²) in [7, 11) is 1.67. The second-order valence-corrected chi connectivity index (χ2v) is 9.07. The van der Waals surface area contributed by atoms with Crippen molar-refractivity contribution in [2.45, 2.75) is 20.3 Å². The van der Waals surface area contributed by atoms with Gasteiger partial charge in [0.05, 0.1) is 16.6 Å². The number of hydrogen-bond donors (Lipinski definition) is 1. The highest BCUT2D eigenvalue weighted by molar-refractivity contribution is 7.20. The van der Waals surface area contributed by atoms with E-state index in [1.54, 1.807) is 7.05 Å². The normalized spacial score (nSPS) is 16.6. The molecule has 1 unspecified atom stereocenters. The van der Waals surface area contributed by atoms with Gasteiger partial charge in [0.2, 0.25) is 0 Å². The first-order valence-corrected chi connectivity index (χ1v) is 10.8. The van der Waals surface area contributed by atoms with Crippen molar-refractivity contribution >= 4 is 44.7 Å². The molecule has 0 radical (unpaired) electrons. The number of anilines is 1. The first kappa shape index (κ1) is 19.9. The zero-order valence-corrected chi connectivity index (χ0v) is 18.2. The molecule has 0 bridgehead atoms. The molecule has 0 saturated carbocycles. The van der Waals surface area contributed by atoms with Crippen molar-refractivity contribution in [3.63, 3.8) is 0 Å². The Morgan fingerprint density at radius 3 is 2.97 bits per heavy atom. The molecule has 3 heterocycles. The van der Waals surface area contributed by atoms with Gasteiger partial charge in [0.15, 0.2) is 0 Å². The van der Waals surface area contributed by atoms with Crippen LogP contribution in [0.3, 0.4) is 0 Å². The van der Waals surface area contributed by atoms with Crippen LogP contribution in [0.5, 0.6) is 0 Å². The molecule has 1 saturated heterocycles. The monoisotopic (exact) mass is 430 g/mol. The molecule has 152 valence electrons. The SMILES string of the molecule is Cc1ccc(Cl)cc1N1CCC(CNC(=O)c2sc3ncn(C)c(=O)c3c2C)C1. The fourth-order valence-electron chi connectivity index (χ4n) is 3.88. The number of hydrogen-bond acceptors (Lipinski definition) is 5. The Morgan fingerprint density at radius 1 is 1.38 bits per heavy atom. The lowest BCUT2D eigenvalue weighted by atomic mass is 10.1. The maximum absolute atomic E-state index is 12.8. The molecule has 1 atom stereocenters. The minimum atomic E-state index is -0.134. The van der Waals surface area contributed by atoms with E-state index in [9.17, 15) is 9.59 Å². The van der Waals surface area contributed by atoms with E-state index in [-0.39, 0.29) is 11.5 Å². The summed E-state index contributed by atoms with van der Waals surface area (Å²) in [5, 5.41) is 4.33. The minimum Gasteiger partial charge on any atom is -0.371 e. The highest BCUT2D eigenvalue weighted by Gasteiger charge is 2.25. The van der Waals surface area contributed by atoms with Gasteiger partial charge >= 0.3 is 0 Å². The molecule has 1 aromatic carbocycles. The van der Waals surface area contributed by atoms with E-state index in [1.807, 2.05) is 25.1 Å². The maximum Gasteiger partial charge on any atom is 0.262 e. The van der Waals surface area contributed by atoms with Crippen molar-refractivity contribution in [3.05, 3.63) is 55.9 Å². The summed E-state index contributed by atoms with van der Waals surface area (Å²) in [6.07, 6.45) is 2.51. The van der Waals surface area contributed by atoms with Gasteiger partial charge in [-0.3, -0.25) is 9.59 Å². The van der Waals surface area contributed by atoms with Gasteiger partial charge in [0.25, 0.3) is 11.5 Å². The number of rotatable bonds is 4. The number of aryl methyl sites for hydroxylation is 3. The Bertz CT molecular complexity index is 1150. The highest BCUT2D eigenvalue weighted by Crippen LogP contribution is 2.30. The van der Waals surface area contributed by atoms with Gasteiger partial charge in [-0.25, -0.2) is 4.98 Å². The number of carbonyl (C=O) groups excluding carboxylic acids is 1. The lowest BCUT2D eigenvalue weighted by Gasteiger charge is -2.21. The first-order valence-electron chi connectivity index (χ1n) is 9.59. The lowest BCUT2D eigenvalue weighted by molar-refractivity contribution is 0.0952. The van der Waals surface area contributed by atoms with Crippen LogP contribution >= 0.6 is 22.9 Å². The second kappa shape index (κ2) is 7.80. The third-order valence-electron chi connectivity index (χ3n) is 5.57. The smallest absolute Gasteiger partial charge is 0.262 e. The van der Waals surface area contributed by atoms with Crippen LogP contribution in [0.2, 0.25) is 5.02 Å². The number of amides is 1. The van der Waals surface area contributed by atoms with Crippen LogP contribution < -0.4 is 15.8 Å². The number of aromatic nitrogens is 2. The van der Waals surface area contributed by atoms with Crippen LogP contribution in [0, 0.1) is 19.8 Å². The van der Waals surface area contributed by atoms with Crippen LogP contribution in [-0.4, -0.2) is 35.1 Å². The Balaban J connectivity index is 1.44. The van der Waals surface area contributed by atoms with Crippen molar-refractivity contribution < 1.29 is 4.79 Å². The highest BCUT2D eigenvalue weighted by atomic mass is 35.5. The molecule has 29 heavy (non-hydrogen) atoms. The van der Waals surface area contributed by atoms with Crippen LogP contribution in [0.25, 0.3) is 10.2 Å². The largest absolute Gasteiger partial charge is 0.371 e. The van der Waals surface area contributed by atoms with E-state index in [0.717, 1.165) is 30.2 Å². The minimum absolute atomic E-state index is 0.119. The van der Waals surface area contributed by atoms with E-state index in [0.29, 0.717) is 33.1 Å². The van der Waals surface area contributed by atoms with E-state index in [1.165, 1.54) is 27.8 Å². The quantitative estimate of drug-likeness (QED) is 0.687. The van der Waals surface area contributed by atoms with Crippen molar-refractivity contribution in [3.8, 4) is 0 Å². The molecule has 0 spiro atoms. The Kier molecular flexibility index (Phi) is 5.36. The summed E-state index contributed by atoms with van der Waals surface area (Å²) >= 11 is 7.44. The number of halogens is 1. The average molecular weight is 431 g/mol. The number of carbonyl (C=O) groups is 1. The van der Waals surface area contributed by atoms with Crippen LogP contribution in [0.4, 0.5) is 5.69 Å². The first-order chi connectivity index (χ1) is 13.8. The number of fused-ring (bicyclic) bond motifs is 1. The molecule has 1 aliphatic rings. The van der Waals surface area contributed by atoms with Crippen LogP contribution in [-0.2, 0) is 7.05 Å². The van der Waals surface area contributed by atoms with Gasteiger partial charge in [-0.15, -0.1) is 11.3 Å². The average Bonchev–Trinajstić information content (AvgIpc) is 3.30. The molecule has 2 aromatic heterocycles. The zero-order chi connectivity index (χ0) is 20.7. The predicted octanol–water partition coefficient (Wildman–Crippen LogP) is 3.52. The molecule has 1 aliphatic heterocycles. The number of nitrogens with one attached hydrogen (secondary N) is 1. The lowest BCUT2D eigenvalue weighted by Crippen LogP contribution is -2.31. The zero-order valence-electron chi connectivity index (χ0n) is 16.7. The third kappa shape index (κ3) is 3.76. The molecule has 4 rings (SSSR count). The summed E-state index contributed by atoms with van der Waals surface area (Å²) in [6.45, 7) is 6.34. The van der Waals surface area contributed by atoms with Crippen molar-refractivity contribution in [1.82, 2.24) is 14.9 Å². The van der Waals surface area contributed by atoms with E-state index in [4.69, 9.17) is 11.6 Å². The van der Waals surface area contributed by atoms with Crippen LogP contribution in [0.15, 0.2) is 29.3 Å². The van der Waals surface area contributed by atoms with Gasteiger partial charge in [-0.1, -0.05) is 17.7 Å². The summed E-state index contributed by atoms with van der Waals surface area (Å²) in [5.74, 6) is 0.239. The summed E-state index contributed by atoms with van der Waals surface area (Å²) in [6, 6.07) is 5.95. The summed E-state index contributed by atoms with van der Waals surface area (Å²) < 4.78 is 1.44. The van der Waals surface area contributed by atoms with Crippen molar-refractivity contribution in [2.75, 3.05) is 24.5 Å². The molecular weight excluding hydrogens is 408 g/mol. The van der Waals surface area contributed by atoms with Crippen molar-refractivity contribution in [1.29, 1.82) is 0 Å². The number of thiophene rings is 1. The molecule has 6 nitrogen and oxygen atoms in total. The fraction of sp³-hybridized carbons (Fsp3) is 0.381. The van der Waals surface area contributed by atoms with Crippen LogP contribution in [0.1, 0.15) is 27.2 Å². The number of nitrogens with zero attached hydrogens (tertiary/aromatic N) is 3. The summed E-state index contributed by atoms with van der Waals surface area (Å²) in [4.78, 5) is 32.9. The standard InChI is InChI=1S/C21H23ClN4O2S/c1-12-4-5-15(22)8-16(12)26-7-6-14(10-26)9-23-19(27)18-13(2)17-20(29-18)24-11-25(3)21(17)28/h4-5,8,11,14H,6-7,9-10H2,1-3H3,(H,23,27). The van der Waals surface area contributed by atoms with Gasteiger partial charge in [-0.05, 0) is 49.4 Å². The maximum atomic E-state index is 12.8. The van der Waals surface area contributed by atoms with Gasteiger partial charge in [0.1, 0.15) is 4.83 Å². The second-order valence-electron chi connectivity index (χ2n) is 7.64. The Labute approximate surface area is 178 Å². The number of benzene rings is 1. The third-order valence-corrected chi connectivity index (χ3v) is 7.00. The molecule has 8 heteroatoms. The topological polar surface area (TPSA) is 67.2 Å². The summed E-state index contributed by atoms with van der Waals surface area (Å²) in [5.41, 5.74) is 2.95. The van der Waals surface area contributed by atoms with E-state index >= 15 is 0 Å². The molecule has 1 N–H and O–H groups in total. The Hall–Kier alpha value is -2.38. The molecular formula is C21H23ClN4O2S. The van der Waals surface area contributed by atoms with E-state index in [2.05, 4.69) is 22.1 Å². The van der Waals surface area contributed by atoms with Gasteiger partial charge in [-0.2, -0.15) is 0 Å². The van der Waals surface area contributed by atoms with Crippen molar-refractivity contribution in [2.24, 2.45) is 13.0 Å². The molecule has 1 amide bonds. The molecule has 3 aromatic rings. The fourth-order valence-corrected chi connectivity index (χ4v) is 5.11. The van der Waals surface area contributed by atoms with Gasteiger partial charge < -0.3 is 14.8 Å². The predicted molar refractivity (Wildman–Crippen MR) is 118 cm³/mol. The van der Waals surface area contributed by atoms with Gasteiger partial charge in [0, 0.05) is 37.4 Å². The van der Waals surface area contributed by atoms with E-state index < -0.39 is 0 Å². The Morgan fingerprint density at radius 2 is 2.17 bits per heavy atom.